The topological polar surface area (TPSA) is 77.3 Å². The molecular formula is C24H29ClN2O4. The van der Waals surface area contributed by atoms with E-state index in [-0.39, 0.29) is 24.4 Å². The molecule has 2 aromatic carbocycles. The Morgan fingerprint density at radius 2 is 1.39 bits per heavy atom. The Bertz CT molecular complexity index is 841. The van der Waals surface area contributed by atoms with Gasteiger partial charge in [0.1, 0.15) is 11.5 Å². The molecule has 0 aliphatic carbocycles. The molecule has 0 aromatic heterocycles. The van der Waals surface area contributed by atoms with Crippen LogP contribution in [-0.2, 0) is 9.59 Å². The summed E-state index contributed by atoms with van der Waals surface area (Å²) in [7, 11) is 0. The molecule has 0 N–H and O–H groups in total. The van der Waals surface area contributed by atoms with Crippen molar-refractivity contribution in [2.45, 2.75) is 63.4 Å². The fraction of sp³-hybridized carbons (Fsp3) is 0.417. The number of esters is 2. The smallest absolute Gasteiger partial charge is 0.311 e. The molecule has 2 atom stereocenters. The van der Waals surface area contributed by atoms with Gasteiger partial charge in [-0.05, 0) is 63.8 Å². The van der Waals surface area contributed by atoms with E-state index < -0.39 is 5.00 Å². The van der Waals surface area contributed by atoms with Gasteiger partial charge in [-0.1, -0.05) is 48.0 Å². The molecule has 6 nitrogen and oxygen atoms in total. The van der Waals surface area contributed by atoms with E-state index in [9.17, 15) is 9.59 Å². The summed E-state index contributed by atoms with van der Waals surface area (Å²) in [4.78, 5) is 22.9. The first-order chi connectivity index (χ1) is 14.8. The lowest BCUT2D eigenvalue weighted by molar-refractivity contribution is -0.135. The number of azo groups is 1. The molecule has 2 rings (SSSR count). The second-order valence-electron chi connectivity index (χ2n) is 7.53. The van der Waals surface area contributed by atoms with Gasteiger partial charge in [0.15, 0.2) is 5.00 Å². The number of hydrogen-bond acceptors (Lipinski definition) is 6. The maximum Gasteiger partial charge on any atom is 0.311 e. The van der Waals surface area contributed by atoms with Crippen LogP contribution in [0, 0.1) is 0 Å². The highest BCUT2D eigenvalue weighted by atomic mass is 35.5. The molecular weight excluding hydrogens is 416 g/mol. The van der Waals surface area contributed by atoms with E-state index in [1.54, 1.807) is 31.2 Å². The summed E-state index contributed by atoms with van der Waals surface area (Å²) >= 11 is 6.41. The second kappa shape index (κ2) is 12.8. The molecule has 31 heavy (non-hydrogen) atoms. The number of nitrogens with zero attached hydrogens (tertiary/aromatic N) is 2. The number of hydrogen-bond donors (Lipinski definition) is 0. The zero-order valence-electron chi connectivity index (χ0n) is 18.0. The van der Waals surface area contributed by atoms with Gasteiger partial charge >= 0.3 is 11.9 Å². The van der Waals surface area contributed by atoms with Crippen molar-refractivity contribution in [3.8, 4) is 11.5 Å². The van der Waals surface area contributed by atoms with Gasteiger partial charge in [0.05, 0.1) is 6.04 Å². The van der Waals surface area contributed by atoms with Crippen molar-refractivity contribution in [1.29, 1.82) is 0 Å². The summed E-state index contributed by atoms with van der Waals surface area (Å²) in [5, 5.41) is 8.49. The van der Waals surface area contributed by atoms with E-state index in [0.29, 0.717) is 43.6 Å². The monoisotopic (exact) mass is 444 g/mol. The summed E-state index contributed by atoms with van der Waals surface area (Å²) in [6.45, 7) is 3.70. The highest BCUT2D eigenvalue weighted by Crippen LogP contribution is 2.25. The molecule has 0 fully saturated rings. The minimum Gasteiger partial charge on any atom is -0.427 e. The lowest BCUT2D eigenvalue weighted by atomic mass is 10.1. The molecule has 0 spiro atoms. The molecule has 2 unspecified atom stereocenters. The third kappa shape index (κ3) is 10.7. The predicted octanol–water partition coefficient (Wildman–Crippen LogP) is 6.33. The third-order valence-electron chi connectivity index (χ3n) is 4.43. The minimum atomic E-state index is -0.881. The molecule has 0 heterocycles. The van der Waals surface area contributed by atoms with Crippen molar-refractivity contribution < 1.29 is 19.1 Å². The fourth-order valence-electron chi connectivity index (χ4n) is 2.77. The van der Waals surface area contributed by atoms with Gasteiger partial charge in [-0.2, -0.15) is 10.2 Å². The average Bonchev–Trinajstić information content (AvgIpc) is 2.73. The van der Waals surface area contributed by atoms with E-state index in [1.807, 2.05) is 43.3 Å². The van der Waals surface area contributed by atoms with Crippen LogP contribution in [0.15, 0.2) is 70.9 Å². The van der Waals surface area contributed by atoms with Crippen LogP contribution in [0.4, 0.5) is 0 Å². The lowest BCUT2D eigenvalue weighted by Crippen LogP contribution is -2.15. The van der Waals surface area contributed by atoms with Crippen LogP contribution in [0.3, 0.4) is 0 Å². The van der Waals surface area contributed by atoms with Crippen LogP contribution in [-0.4, -0.2) is 23.0 Å². The average molecular weight is 445 g/mol. The summed E-state index contributed by atoms with van der Waals surface area (Å²) in [6, 6.07) is 17.9. The van der Waals surface area contributed by atoms with Crippen molar-refractivity contribution >= 4 is 23.5 Å². The molecule has 2 aromatic rings. The quantitative estimate of drug-likeness (QED) is 0.126. The molecule has 0 aliphatic heterocycles. The Balaban J connectivity index is 1.62. The fourth-order valence-corrected chi connectivity index (χ4v) is 2.94. The first-order valence-corrected chi connectivity index (χ1v) is 10.8. The first kappa shape index (κ1) is 24.5. The van der Waals surface area contributed by atoms with E-state index in [4.69, 9.17) is 21.1 Å². The highest BCUT2D eigenvalue weighted by molar-refractivity contribution is 6.23. The van der Waals surface area contributed by atoms with Gasteiger partial charge in [-0.3, -0.25) is 9.59 Å². The van der Waals surface area contributed by atoms with Crippen molar-refractivity contribution in [3.05, 3.63) is 60.7 Å². The van der Waals surface area contributed by atoms with E-state index in [2.05, 4.69) is 10.2 Å². The molecule has 0 radical (unpaired) electrons. The van der Waals surface area contributed by atoms with Crippen LogP contribution in [0.5, 0.6) is 11.5 Å². The number of alkyl halides is 1. The number of ether oxygens (including phenoxy) is 2. The maximum atomic E-state index is 11.9. The first-order valence-electron chi connectivity index (χ1n) is 10.5. The summed E-state index contributed by atoms with van der Waals surface area (Å²) in [5.41, 5.74) is 0. The third-order valence-corrected chi connectivity index (χ3v) is 4.69. The van der Waals surface area contributed by atoms with Crippen molar-refractivity contribution in [1.82, 2.24) is 0 Å². The van der Waals surface area contributed by atoms with Crippen molar-refractivity contribution in [3.63, 3.8) is 0 Å². The molecule has 0 bridgehead atoms. The summed E-state index contributed by atoms with van der Waals surface area (Å²) < 4.78 is 10.5. The molecule has 7 heteroatoms. The van der Waals surface area contributed by atoms with Crippen LogP contribution in [0.2, 0.25) is 0 Å². The molecule has 0 amide bonds. The van der Waals surface area contributed by atoms with Crippen LogP contribution in [0.1, 0.15) is 52.4 Å². The number of carbonyl (C=O) groups is 2. The van der Waals surface area contributed by atoms with Gasteiger partial charge in [-0.15, -0.1) is 0 Å². The SMILES string of the molecule is CC(CCCC(=O)Oc1ccccc1)N=NC(C)(Cl)CCCC(=O)Oc1ccccc1. The standard InChI is InChI=1S/C24H29ClN2O4/c1-19(11-9-16-22(28)30-20-12-5-3-6-13-20)26-27-24(2,25)18-10-17-23(29)31-21-14-7-4-8-15-21/h3-8,12-15,19H,9-11,16-18H2,1-2H3. The number of carbonyl (C=O) groups excluding carboxylic acids is 2. The highest BCUT2D eigenvalue weighted by Gasteiger charge is 2.21. The number of rotatable bonds is 12. The second-order valence-corrected chi connectivity index (χ2v) is 8.34. The van der Waals surface area contributed by atoms with Gasteiger partial charge in [0, 0.05) is 12.8 Å². The van der Waals surface area contributed by atoms with E-state index in [0.717, 1.165) is 0 Å². The molecule has 0 aliphatic rings. The van der Waals surface area contributed by atoms with Crippen LogP contribution in [0.25, 0.3) is 0 Å². The molecule has 166 valence electrons. The van der Waals surface area contributed by atoms with Crippen molar-refractivity contribution in [2.75, 3.05) is 0 Å². The van der Waals surface area contributed by atoms with Gasteiger partial charge in [0.25, 0.3) is 0 Å². The maximum absolute atomic E-state index is 11.9. The largest absolute Gasteiger partial charge is 0.427 e. The Morgan fingerprint density at radius 1 is 0.903 bits per heavy atom. The van der Waals surface area contributed by atoms with E-state index in [1.165, 1.54) is 0 Å². The Kier molecular flexibility index (Phi) is 10.2. The Hall–Kier alpha value is -2.73. The zero-order chi connectivity index (χ0) is 22.5. The number of halogens is 1. The normalized spacial score (nSPS) is 14.0. The lowest BCUT2D eigenvalue weighted by Gasteiger charge is -2.16. The predicted molar refractivity (Wildman–Crippen MR) is 120 cm³/mol. The molecule has 0 saturated heterocycles. The molecule has 0 saturated carbocycles. The Morgan fingerprint density at radius 3 is 1.90 bits per heavy atom. The van der Waals surface area contributed by atoms with Gasteiger partial charge in [0.2, 0.25) is 0 Å². The Labute approximate surface area is 188 Å². The minimum absolute atomic E-state index is 0.0642. The summed E-state index contributed by atoms with van der Waals surface area (Å²) in [5.74, 6) is 0.513. The number of benzene rings is 2. The van der Waals surface area contributed by atoms with E-state index >= 15 is 0 Å². The zero-order valence-corrected chi connectivity index (χ0v) is 18.8. The van der Waals surface area contributed by atoms with Crippen LogP contribution >= 0.6 is 11.6 Å². The van der Waals surface area contributed by atoms with Gasteiger partial charge in [-0.25, -0.2) is 0 Å². The van der Waals surface area contributed by atoms with Crippen LogP contribution < -0.4 is 9.47 Å². The van der Waals surface area contributed by atoms with Gasteiger partial charge < -0.3 is 9.47 Å². The van der Waals surface area contributed by atoms with Crippen molar-refractivity contribution in [2.24, 2.45) is 10.2 Å². The number of para-hydroxylation sites is 2. The summed E-state index contributed by atoms with van der Waals surface area (Å²) in [6.07, 6.45) is 2.96.